The summed E-state index contributed by atoms with van der Waals surface area (Å²) in [6, 6.07) is 12.8. The van der Waals surface area contributed by atoms with Crippen LogP contribution in [0.5, 0.6) is 11.5 Å². The summed E-state index contributed by atoms with van der Waals surface area (Å²) in [7, 11) is -1.02. The van der Waals surface area contributed by atoms with Gasteiger partial charge in [0.1, 0.15) is 6.54 Å². The van der Waals surface area contributed by atoms with Crippen LogP contribution in [0.25, 0.3) is 0 Å². The molecule has 1 aliphatic heterocycles. The third-order valence-corrected chi connectivity index (χ3v) is 6.92. The zero-order valence-corrected chi connectivity index (χ0v) is 19.1. The maximum absolute atomic E-state index is 13.4. The molecule has 32 heavy (non-hydrogen) atoms. The number of rotatable bonds is 10. The average Bonchev–Trinajstić information content (AvgIpc) is 2.83. The summed E-state index contributed by atoms with van der Waals surface area (Å²) in [5.74, 6) is 0.432. The van der Waals surface area contributed by atoms with Gasteiger partial charge in [-0.25, -0.2) is 8.42 Å². The fourth-order valence-electron chi connectivity index (χ4n) is 3.38. The van der Waals surface area contributed by atoms with Crippen LogP contribution in [0.15, 0.2) is 53.4 Å². The molecule has 9 nitrogen and oxygen atoms in total. The van der Waals surface area contributed by atoms with Gasteiger partial charge in [-0.15, -0.1) is 0 Å². The molecular formula is C22H29N3O6S. The lowest BCUT2D eigenvalue weighted by molar-refractivity contribution is -0.119. The van der Waals surface area contributed by atoms with Crippen molar-refractivity contribution in [3.63, 3.8) is 0 Å². The summed E-state index contributed by atoms with van der Waals surface area (Å²) in [6.07, 6.45) is 0. The van der Waals surface area contributed by atoms with E-state index in [0.717, 1.165) is 17.4 Å². The van der Waals surface area contributed by atoms with Crippen molar-refractivity contribution in [1.29, 1.82) is 0 Å². The van der Waals surface area contributed by atoms with Gasteiger partial charge >= 0.3 is 0 Å². The van der Waals surface area contributed by atoms with Crippen molar-refractivity contribution >= 4 is 21.6 Å². The minimum absolute atomic E-state index is 0.0934. The maximum atomic E-state index is 13.4. The molecule has 1 aliphatic rings. The number of hydrogen-bond donors (Lipinski definition) is 1. The van der Waals surface area contributed by atoms with E-state index in [0.29, 0.717) is 43.5 Å². The van der Waals surface area contributed by atoms with Crippen LogP contribution in [0.1, 0.15) is 0 Å². The fourth-order valence-corrected chi connectivity index (χ4v) is 4.81. The lowest BCUT2D eigenvalue weighted by Crippen LogP contribution is -2.44. The number of nitrogens with zero attached hydrogens (tertiary/aromatic N) is 2. The third-order valence-electron chi connectivity index (χ3n) is 5.13. The number of carbonyl (C=O) groups is 1. The van der Waals surface area contributed by atoms with E-state index >= 15 is 0 Å². The van der Waals surface area contributed by atoms with Gasteiger partial charge in [-0.2, -0.15) is 0 Å². The lowest BCUT2D eigenvalue weighted by Gasteiger charge is -2.27. The molecule has 0 saturated carbocycles. The first-order valence-electron chi connectivity index (χ1n) is 10.3. The van der Waals surface area contributed by atoms with Crippen LogP contribution in [0.3, 0.4) is 0 Å². The second-order valence-electron chi connectivity index (χ2n) is 7.17. The van der Waals surface area contributed by atoms with Crippen LogP contribution >= 0.6 is 0 Å². The molecule has 0 atom stereocenters. The zero-order valence-electron chi connectivity index (χ0n) is 18.3. The highest BCUT2D eigenvalue weighted by Crippen LogP contribution is 2.33. The number of anilines is 1. The van der Waals surface area contributed by atoms with Crippen molar-refractivity contribution in [3.05, 3.63) is 48.5 Å². The van der Waals surface area contributed by atoms with Gasteiger partial charge in [0.2, 0.25) is 5.91 Å². The van der Waals surface area contributed by atoms with Crippen LogP contribution in [0.4, 0.5) is 5.69 Å². The highest BCUT2D eigenvalue weighted by Gasteiger charge is 2.28. The molecule has 0 aromatic heterocycles. The van der Waals surface area contributed by atoms with Gasteiger partial charge in [0, 0.05) is 32.2 Å². The summed E-state index contributed by atoms with van der Waals surface area (Å²) < 4.78 is 43.8. The van der Waals surface area contributed by atoms with Crippen LogP contribution in [0, 0.1) is 0 Å². The van der Waals surface area contributed by atoms with E-state index in [9.17, 15) is 13.2 Å². The minimum Gasteiger partial charge on any atom is -0.493 e. The van der Waals surface area contributed by atoms with Crippen molar-refractivity contribution < 1.29 is 27.4 Å². The predicted molar refractivity (Wildman–Crippen MR) is 121 cm³/mol. The number of amides is 1. The highest BCUT2D eigenvalue weighted by molar-refractivity contribution is 7.92. The molecular weight excluding hydrogens is 434 g/mol. The average molecular weight is 464 g/mol. The molecule has 0 radical (unpaired) electrons. The normalized spacial score (nSPS) is 14.6. The van der Waals surface area contributed by atoms with Gasteiger partial charge in [-0.1, -0.05) is 18.2 Å². The lowest BCUT2D eigenvalue weighted by atomic mass is 10.2. The van der Waals surface area contributed by atoms with Crippen molar-refractivity contribution in [3.8, 4) is 11.5 Å². The number of hydrogen-bond acceptors (Lipinski definition) is 7. The predicted octanol–water partition coefficient (Wildman–Crippen LogP) is 1.35. The molecule has 0 bridgehead atoms. The summed E-state index contributed by atoms with van der Waals surface area (Å²) >= 11 is 0. The summed E-state index contributed by atoms with van der Waals surface area (Å²) in [5, 5.41) is 2.82. The molecule has 0 aliphatic carbocycles. The molecule has 10 heteroatoms. The Bertz CT molecular complexity index is 994. The first-order chi connectivity index (χ1) is 15.5. The van der Waals surface area contributed by atoms with Gasteiger partial charge in [0.05, 0.1) is 38.0 Å². The molecule has 0 spiro atoms. The van der Waals surface area contributed by atoms with Crippen LogP contribution in [-0.4, -0.2) is 79.4 Å². The van der Waals surface area contributed by atoms with Gasteiger partial charge < -0.3 is 19.5 Å². The molecule has 3 rings (SSSR count). The summed E-state index contributed by atoms with van der Waals surface area (Å²) in [5.41, 5.74) is 0.301. The number of morpholine rings is 1. The molecule has 174 valence electrons. The van der Waals surface area contributed by atoms with Crippen molar-refractivity contribution in [2.75, 3.05) is 64.5 Å². The SMILES string of the molecule is COc1ccc(N(CC(=O)NCCN2CCOCC2)S(=O)(=O)c2ccccc2)cc1OC. The summed E-state index contributed by atoms with van der Waals surface area (Å²) in [4.78, 5) is 15.0. The second kappa shape index (κ2) is 11.2. The first kappa shape index (κ1) is 23.8. The Hall–Kier alpha value is -2.82. The monoisotopic (exact) mass is 463 g/mol. The Labute approximate surface area is 188 Å². The van der Waals surface area contributed by atoms with Crippen molar-refractivity contribution in [1.82, 2.24) is 10.2 Å². The van der Waals surface area contributed by atoms with E-state index < -0.39 is 15.9 Å². The molecule has 1 amide bonds. The number of benzene rings is 2. The first-order valence-corrected chi connectivity index (χ1v) is 11.8. The Morgan fingerprint density at radius 3 is 2.41 bits per heavy atom. The Morgan fingerprint density at radius 1 is 1.06 bits per heavy atom. The molecule has 1 fully saturated rings. The second-order valence-corrected chi connectivity index (χ2v) is 9.03. The minimum atomic E-state index is -3.99. The largest absolute Gasteiger partial charge is 0.493 e. The molecule has 2 aromatic carbocycles. The van der Waals surface area contributed by atoms with Gasteiger partial charge in [0.15, 0.2) is 11.5 Å². The Morgan fingerprint density at radius 2 is 1.75 bits per heavy atom. The third kappa shape index (κ3) is 5.90. The smallest absolute Gasteiger partial charge is 0.264 e. The van der Waals surface area contributed by atoms with Gasteiger partial charge in [-0.05, 0) is 24.3 Å². The zero-order chi connectivity index (χ0) is 23.0. The van der Waals surface area contributed by atoms with Crippen LogP contribution in [0.2, 0.25) is 0 Å². The molecule has 1 heterocycles. The number of carbonyl (C=O) groups excluding carboxylic acids is 1. The Kier molecular flexibility index (Phi) is 8.32. The number of methoxy groups -OCH3 is 2. The van der Waals surface area contributed by atoms with E-state index in [4.69, 9.17) is 14.2 Å². The molecule has 1 N–H and O–H groups in total. The highest BCUT2D eigenvalue weighted by atomic mass is 32.2. The maximum Gasteiger partial charge on any atom is 0.264 e. The van der Waals surface area contributed by atoms with E-state index in [1.165, 1.54) is 26.4 Å². The molecule has 1 saturated heterocycles. The van der Waals surface area contributed by atoms with Crippen molar-refractivity contribution in [2.45, 2.75) is 4.90 Å². The molecule has 2 aromatic rings. The van der Waals surface area contributed by atoms with E-state index in [1.807, 2.05) is 0 Å². The van der Waals surface area contributed by atoms with E-state index in [-0.39, 0.29) is 11.4 Å². The summed E-state index contributed by atoms with van der Waals surface area (Å²) in [6.45, 7) is 3.72. The number of sulfonamides is 1. The Balaban J connectivity index is 1.80. The molecule has 0 unspecified atom stereocenters. The quantitative estimate of drug-likeness (QED) is 0.568. The van der Waals surface area contributed by atoms with Gasteiger partial charge in [0.25, 0.3) is 10.0 Å². The van der Waals surface area contributed by atoms with E-state index in [2.05, 4.69) is 10.2 Å². The number of ether oxygens (including phenoxy) is 3. The fraction of sp³-hybridized carbons (Fsp3) is 0.409. The van der Waals surface area contributed by atoms with Crippen LogP contribution in [-0.2, 0) is 19.6 Å². The van der Waals surface area contributed by atoms with Crippen LogP contribution < -0.4 is 19.1 Å². The van der Waals surface area contributed by atoms with E-state index in [1.54, 1.807) is 36.4 Å². The standard InChI is InChI=1S/C22H29N3O6S/c1-29-20-9-8-18(16-21(20)30-2)25(32(27,28)19-6-4-3-5-7-19)17-22(26)23-10-11-24-12-14-31-15-13-24/h3-9,16H,10-15,17H2,1-2H3,(H,23,26). The van der Waals surface area contributed by atoms with Gasteiger partial charge in [-0.3, -0.25) is 14.0 Å². The van der Waals surface area contributed by atoms with Crippen molar-refractivity contribution in [2.24, 2.45) is 0 Å². The number of nitrogens with one attached hydrogen (secondary N) is 1. The topological polar surface area (TPSA) is 97.4 Å².